The lowest BCUT2D eigenvalue weighted by atomic mass is 9.97. The van der Waals surface area contributed by atoms with Crippen LogP contribution in [0.4, 0.5) is 0 Å². The fraction of sp³-hybridized carbons (Fsp3) is 0.941. The van der Waals surface area contributed by atoms with Gasteiger partial charge in [-0.25, -0.2) is 0 Å². The van der Waals surface area contributed by atoms with Crippen LogP contribution in [-0.2, 0) is 4.79 Å². The Morgan fingerprint density at radius 3 is 2.48 bits per heavy atom. The van der Waals surface area contributed by atoms with Crippen LogP contribution in [0.2, 0.25) is 0 Å². The summed E-state index contributed by atoms with van der Waals surface area (Å²) in [6.07, 6.45) is 8.70. The molecule has 0 aromatic rings. The molecule has 0 radical (unpaired) electrons. The van der Waals surface area contributed by atoms with Crippen molar-refractivity contribution in [2.75, 3.05) is 19.6 Å². The van der Waals surface area contributed by atoms with Crippen molar-refractivity contribution in [3.05, 3.63) is 0 Å². The zero-order valence-corrected chi connectivity index (χ0v) is 13.7. The standard InChI is InChI=1S/C17H31N3O/c1-13-6-3-7-14(2)20(13)17(21)12-19-11-5-9-16(19)15-8-4-10-18-15/h13-16,18H,3-12H2,1-2H3. The van der Waals surface area contributed by atoms with Gasteiger partial charge in [-0.3, -0.25) is 9.69 Å². The van der Waals surface area contributed by atoms with Crippen LogP contribution in [0.1, 0.15) is 58.8 Å². The minimum absolute atomic E-state index is 0.361. The summed E-state index contributed by atoms with van der Waals surface area (Å²) in [5.41, 5.74) is 0. The minimum Gasteiger partial charge on any atom is -0.336 e. The molecule has 0 aliphatic carbocycles. The van der Waals surface area contributed by atoms with E-state index in [0.717, 1.165) is 13.1 Å². The SMILES string of the molecule is CC1CCCC(C)N1C(=O)CN1CCCC1C1CCCN1. The van der Waals surface area contributed by atoms with Gasteiger partial charge in [0.05, 0.1) is 6.54 Å². The Morgan fingerprint density at radius 2 is 1.81 bits per heavy atom. The first-order chi connectivity index (χ1) is 10.2. The maximum absolute atomic E-state index is 12.8. The summed E-state index contributed by atoms with van der Waals surface area (Å²) in [5, 5.41) is 3.63. The molecule has 3 aliphatic heterocycles. The lowest BCUT2D eigenvalue weighted by Gasteiger charge is -2.40. The van der Waals surface area contributed by atoms with E-state index in [1.54, 1.807) is 0 Å². The molecule has 3 fully saturated rings. The number of nitrogens with one attached hydrogen (secondary N) is 1. The fourth-order valence-electron chi connectivity index (χ4n) is 4.71. The van der Waals surface area contributed by atoms with Gasteiger partial charge in [0.1, 0.15) is 0 Å². The number of carbonyl (C=O) groups excluding carboxylic acids is 1. The quantitative estimate of drug-likeness (QED) is 0.864. The van der Waals surface area contributed by atoms with Crippen LogP contribution in [0.3, 0.4) is 0 Å². The lowest BCUT2D eigenvalue weighted by Crippen LogP contribution is -2.53. The number of likely N-dealkylation sites (tertiary alicyclic amines) is 2. The molecular weight excluding hydrogens is 262 g/mol. The summed E-state index contributed by atoms with van der Waals surface area (Å²) in [7, 11) is 0. The van der Waals surface area contributed by atoms with Crippen LogP contribution in [0.25, 0.3) is 0 Å². The Labute approximate surface area is 129 Å². The largest absolute Gasteiger partial charge is 0.336 e. The first-order valence-electron chi connectivity index (χ1n) is 8.95. The monoisotopic (exact) mass is 293 g/mol. The van der Waals surface area contributed by atoms with Crippen LogP contribution >= 0.6 is 0 Å². The molecule has 3 saturated heterocycles. The average Bonchev–Trinajstić information content (AvgIpc) is 3.08. The van der Waals surface area contributed by atoms with Gasteiger partial charge in [-0.1, -0.05) is 0 Å². The molecule has 4 nitrogen and oxygen atoms in total. The second kappa shape index (κ2) is 6.66. The van der Waals surface area contributed by atoms with Crippen molar-refractivity contribution in [1.82, 2.24) is 15.1 Å². The van der Waals surface area contributed by atoms with E-state index in [9.17, 15) is 4.79 Å². The van der Waals surface area contributed by atoms with E-state index < -0.39 is 0 Å². The van der Waals surface area contributed by atoms with E-state index in [0.29, 0.717) is 36.6 Å². The summed E-state index contributed by atoms with van der Waals surface area (Å²) >= 11 is 0. The lowest BCUT2D eigenvalue weighted by molar-refractivity contribution is -0.138. The van der Waals surface area contributed by atoms with Gasteiger partial charge in [0.15, 0.2) is 0 Å². The summed E-state index contributed by atoms with van der Waals surface area (Å²) < 4.78 is 0. The summed E-state index contributed by atoms with van der Waals surface area (Å²) in [6.45, 7) is 7.33. The predicted octanol–water partition coefficient (Wildman–Crippen LogP) is 1.99. The predicted molar refractivity (Wildman–Crippen MR) is 85.2 cm³/mol. The fourth-order valence-corrected chi connectivity index (χ4v) is 4.71. The number of hydrogen-bond acceptors (Lipinski definition) is 3. The van der Waals surface area contributed by atoms with Crippen LogP contribution in [-0.4, -0.2) is 59.5 Å². The van der Waals surface area contributed by atoms with Crippen molar-refractivity contribution >= 4 is 5.91 Å². The Hall–Kier alpha value is -0.610. The van der Waals surface area contributed by atoms with Crippen LogP contribution in [0.15, 0.2) is 0 Å². The second-order valence-electron chi connectivity index (χ2n) is 7.31. The number of amides is 1. The van der Waals surface area contributed by atoms with Gasteiger partial charge in [0.2, 0.25) is 5.91 Å². The number of carbonyl (C=O) groups is 1. The van der Waals surface area contributed by atoms with Gasteiger partial charge >= 0.3 is 0 Å². The molecule has 1 N–H and O–H groups in total. The second-order valence-corrected chi connectivity index (χ2v) is 7.31. The smallest absolute Gasteiger partial charge is 0.237 e. The zero-order valence-electron chi connectivity index (χ0n) is 13.7. The van der Waals surface area contributed by atoms with Crippen LogP contribution in [0, 0.1) is 0 Å². The van der Waals surface area contributed by atoms with Crippen LogP contribution in [0.5, 0.6) is 0 Å². The molecule has 3 heterocycles. The van der Waals surface area contributed by atoms with Crippen LogP contribution < -0.4 is 5.32 Å². The summed E-state index contributed by atoms with van der Waals surface area (Å²) in [4.78, 5) is 17.4. The molecule has 0 bridgehead atoms. The van der Waals surface area contributed by atoms with Gasteiger partial charge < -0.3 is 10.2 Å². The zero-order chi connectivity index (χ0) is 14.8. The normalized spacial score (nSPS) is 38.1. The molecule has 0 aromatic carbocycles. The molecular formula is C17H31N3O. The van der Waals surface area contributed by atoms with E-state index >= 15 is 0 Å². The number of nitrogens with zero attached hydrogens (tertiary/aromatic N) is 2. The highest BCUT2D eigenvalue weighted by Gasteiger charge is 2.36. The van der Waals surface area contributed by atoms with Crippen molar-refractivity contribution in [1.29, 1.82) is 0 Å². The minimum atomic E-state index is 0.361. The van der Waals surface area contributed by atoms with Crippen molar-refractivity contribution in [2.24, 2.45) is 0 Å². The van der Waals surface area contributed by atoms with E-state index in [-0.39, 0.29) is 0 Å². The Bertz CT molecular complexity index is 357. The Morgan fingerprint density at radius 1 is 1.05 bits per heavy atom. The molecule has 1 amide bonds. The summed E-state index contributed by atoms with van der Waals surface area (Å²) in [5.74, 6) is 0.361. The third kappa shape index (κ3) is 3.26. The molecule has 3 rings (SSSR count). The van der Waals surface area contributed by atoms with Gasteiger partial charge in [-0.05, 0) is 71.9 Å². The van der Waals surface area contributed by atoms with E-state index in [4.69, 9.17) is 0 Å². The van der Waals surface area contributed by atoms with Crippen molar-refractivity contribution in [3.8, 4) is 0 Å². The highest BCUT2D eigenvalue weighted by molar-refractivity contribution is 5.79. The third-order valence-corrected chi connectivity index (χ3v) is 5.80. The molecule has 21 heavy (non-hydrogen) atoms. The molecule has 120 valence electrons. The molecule has 4 atom stereocenters. The van der Waals surface area contributed by atoms with Crippen molar-refractivity contribution < 1.29 is 4.79 Å². The van der Waals surface area contributed by atoms with Crippen molar-refractivity contribution in [2.45, 2.75) is 83.0 Å². The first kappa shape index (κ1) is 15.3. The topological polar surface area (TPSA) is 35.6 Å². The van der Waals surface area contributed by atoms with E-state index in [1.807, 2.05) is 0 Å². The Balaban J connectivity index is 1.60. The molecule has 0 aromatic heterocycles. The van der Waals surface area contributed by atoms with Gasteiger partial charge in [-0.15, -0.1) is 0 Å². The molecule has 0 spiro atoms. The van der Waals surface area contributed by atoms with Gasteiger partial charge in [-0.2, -0.15) is 0 Å². The van der Waals surface area contributed by atoms with Crippen molar-refractivity contribution in [3.63, 3.8) is 0 Å². The maximum atomic E-state index is 12.8. The Kier molecular flexibility index (Phi) is 4.85. The molecule has 0 saturated carbocycles. The molecule has 3 aliphatic rings. The van der Waals surface area contributed by atoms with Gasteiger partial charge in [0.25, 0.3) is 0 Å². The maximum Gasteiger partial charge on any atom is 0.237 e. The highest BCUT2D eigenvalue weighted by Crippen LogP contribution is 2.27. The number of rotatable bonds is 3. The molecule has 4 heteroatoms. The van der Waals surface area contributed by atoms with E-state index in [1.165, 1.54) is 44.9 Å². The first-order valence-corrected chi connectivity index (χ1v) is 8.95. The van der Waals surface area contributed by atoms with Gasteiger partial charge in [0, 0.05) is 24.2 Å². The summed E-state index contributed by atoms with van der Waals surface area (Å²) in [6, 6.07) is 2.06. The average molecular weight is 293 g/mol. The van der Waals surface area contributed by atoms with E-state index in [2.05, 4.69) is 29.0 Å². The highest BCUT2D eigenvalue weighted by atomic mass is 16.2. The molecule has 4 unspecified atom stereocenters. The number of hydrogen-bond donors (Lipinski definition) is 1. The number of piperidine rings is 1. The third-order valence-electron chi connectivity index (χ3n) is 5.80.